The highest BCUT2D eigenvalue weighted by Gasteiger charge is 2.28. The number of ether oxygens (including phenoxy) is 2. The van der Waals surface area contributed by atoms with Crippen LogP contribution >= 0.6 is 0 Å². The zero-order valence-corrected chi connectivity index (χ0v) is 19.2. The van der Waals surface area contributed by atoms with Gasteiger partial charge in [0, 0.05) is 33.2 Å². The topological polar surface area (TPSA) is 126 Å². The fourth-order valence-electron chi connectivity index (χ4n) is 3.30. The van der Waals surface area contributed by atoms with E-state index in [1.165, 1.54) is 23.5 Å². The minimum absolute atomic E-state index is 0.0539. The van der Waals surface area contributed by atoms with Gasteiger partial charge < -0.3 is 19.7 Å². The lowest BCUT2D eigenvalue weighted by Crippen LogP contribution is -2.41. The predicted octanol–water partition coefficient (Wildman–Crippen LogP) is -0.626. The molecule has 31 heavy (non-hydrogen) atoms. The number of carbonyl (C=O) groups excluding carboxylic acids is 1. The Kier molecular flexibility index (Phi) is 7.55. The van der Waals surface area contributed by atoms with Crippen LogP contribution in [-0.4, -0.2) is 104 Å². The average molecular weight is 477 g/mol. The molecule has 2 aliphatic heterocycles. The van der Waals surface area contributed by atoms with Gasteiger partial charge in [0.2, 0.25) is 26.0 Å². The molecule has 2 fully saturated rings. The third-order valence-electron chi connectivity index (χ3n) is 5.13. The Bertz CT molecular complexity index is 1000. The molecule has 1 aromatic carbocycles. The van der Waals surface area contributed by atoms with Gasteiger partial charge in [-0.25, -0.2) is 16.8 Å². The van der Waals surface area contributed by atoms with Crippen molar-refractivity contribution in [3.8, 4) is 0 Å². The Balaban J connectivity index is 1.91. The van der Waals surface area contributed by atoms with Gasteiger partial charge in [0.1, 0.15) is 0 Å². The van der Waals surface area contributed by atoms with Crippen molar-refractivity contribution in [1.29, 1.82) is 0 Å². The first kappa shape index (κ1) is 23.9. The summed E-state index contributed by atoms with van der Waals surface area (Å²) in [5.74, 6) is -0.566. The lowest BCUT2D eigenvalue weighted by atomic mass is 10.2. The predicted molar refractivity (Wildman–Crippen MR) is 115 cm³/mol. The summed E-state index contributed by atoms with van der Waals surface area (Å²) in [6.45, 7) is 2.98. The molecule has 0 atom stereocenters. The van der Waals surface area contributed by atoms with Crippen molar-refractivity contribution < 1.29 is 31.1 Å². The number of carbonyl (C=O) groups is 1. The molecular formula is C18H28N4O7S2. The molecule has 0 radical (unpaired) electrons. The van der Waals surface area contributed by atoms with Crippen LogP contribution in [0.2, 0.25) is 0 Å². The smallest absolute Gasteiger partial charge is 0.243 e. The third-order valence-corrected chi connectivity index (χ3v) is 8.29. The van der Waals surface area contributed by atoms with E-state index in [0.29, 0.717) is 50.9 Å². The summed E-state index contributed by atoms with van der Waals surface area (Å²) < 4.78 is 62.2. The molecule has 1 amide bonds. The van der Waals surface area contributed by atoms with Crippen LogP contribution in [0, 0.1) is 0 Å². The number of sulfonamides is 2. The zero-order valence-electron chi connectivity index (χ0n) is 17.6. The van der Waals surface area contributed by atoms with Crippen LogP contribution in [0.1, 0.15) is 0 Å². The minimum atomic E-state index is -3.76. The highest BCUT2D eigenvalue weighted by molar-refractivity contribution is 7.89. The normalized spacial score (nSPS) is 18.9. The van der Waals surface area contributed by atoms with Crippen molar-refractivity contribution in [3.05, 3.63) is 18.2 Å². The number of hydrogen-bond acceptors (Lipinski definition) is 8. The maximum Gasteiger partial charge on any atom is 0.243 e. The van der Waals surface area contributed by atoms with E-state index in [0.717, 1.165) is 10.6 Å². The van der Waals surface area contributed by atoms with Gasteiger partial charge in [0.15, 0.2) is 0 Å². The van der Waals surface area contributed by atoms with E-state index in [1.54, 1.807) is 6.07 Å². The van der Waals surface area contributed by atoms with Crippen molar-refractivity contribution in [3.63, 3.8) is 0 Å². The molecule has 13 heteroatoms. The van der Waals surface area contributed by atoms with Gasteiger partial charge >= 0.3 is 0 Å². The van der Waals surface area contributed by atoms with E-state index in [4.69, 9.17) is 9.47 Å². The van der Waals surface area contributed by atoms with Gasteiger partial charge in [-0.2, -0.15) is 8.61 Å². The summed E-state index contributed by atoms with van der Waals surface area (Å²) >= 11 is 0. The second kappa shape index (κ2) is 9.79. The Hall–Kier alpha value is -1.77. The Morgan fingerprint density at radius 2 is 1.61 bits per heavy atom. The first-order valence-electron chi connectivity index (χ1n) is 9.85. The summed E-state index contributed by atoms with van der Waals surface area (Å²) in [6, 6.07) is 4.61. The average Bonchev–Trinajstić information content (AvgIpc) is 2.74. The van der Waals surface area contributed by atoms with Gasteiger partial charge in [-0.1, -0.05) is 0 Å². The second-order valence-corrected chi connectivity index (χ2v) is 11.4. The number of nitrogens with zero attached hydrogens (tertiary/aromatic N) is 3. The Morgan fingerprint density at radius 3 is 2.19 bits per heavy atom. The van der Waals surface area contributed by atoms with Crippen LogP contribution in [-0.2, 0) is 34.3 Å². The molecule has 2 aliphatic rings. The zero-order chi connectivity index (χ0) is 22.6. The molecule has 0 bridgehead atoms. The van der Waals surface area contributed by atoms with Crippen LogP contribution in [0.3, 0.4) is 0 Å². The van der Waals surface area contributed by atoms with Crippen molar-refractivity contribution in [2.45, 2.75) is 4.90 Å². The quantitative estimate of drug-likeness (QED) is 0.552. The monoisotopic (exact) mass is 476 g/mol. The molecule has 0 saturated carbocycles. The van der Waals surface area contributed by atoms with Crippen molar-refractivity contribution in [1.82, 2.24) is 8.61 Å². The van der Waals surface area contributed by atoms with Crippen molar-refractivity contribution in [2.75, 3.05) is 82.7 Å². The molecule has 2 saturated heterocycles. The number of nitrogens with one attached hydrogen (secondary N) is 1. The fraction of sp³-hybridized carbons (Fsp3) is 0.611. The Labute approximate surface area is 183 Å². The Morgan fingerprint density at radius 1 is 1.03 bits per heavy atom. The molecule has 1 aromatic rings. The highest BCUT2D eigenvalue weighted by atomic mass is 32.2. The van der Waals surface area contributed by atoms with Crippen LogP contribution in [0.25, 0.3) is 0 Å². The number of morpholine rings is 2. The molecule has 0 spiro atoms. The number of likely N-dealkylation sites (N-methyl/N-ethyl adjacent to an activating group) is 1. The van der Waals surface area contributed by atoms with Gasteiger partial charge in [0.05, 0.1) is 55.5 Å². The number of benzene rings is 1. The van der Waals surface area contributed by atoms with E-state index in [1.807, 2.05) is 4.90 Å². The van der Waals surface area contributed by atoms with Crippen molar-refractivity contribution >= 4 is 37.3 Å². The number of hydrogen-bond donors (Lipinski definition) is 1. The molecule has 2 heterocycles. The summed E-state index contributed by atoms with van der Waals surface area (Å²) in [5.41, 5.74) is 0.961. The molecule has 0 aliphatic carbocycles. The summed E-state index contributed by atoms with van der Waals surface area (Å²) in [5, 5.41) is 2.69. The first-order valence-corrected chi connectivity index (χ1v) is 13.1. The van der Waals surface area contributed by atoms with E-state index in [-0.39, 0.29) is 24.5 Å². The third kappa shape index (κ3) is 5.93. The van der Waals surface area contributed by atoms with E-state index in [9.17, 15) is 21.6 Å². The standard InChI is InChI=1S/C18H28N4O7S2/c1-20(30(2,24)25)14-18(23)19-16-13-15(31(26,27)22-7-11-29-12-8-22)3-4-17(16)21-5-9-28-10-6-21/h3-4,13H,5-12,14H2,1-2H3,(H,19,23). The first-order chi connectivity index (χ1) is 14.6. The van der Waals surface area contributed by atoms with Crippen molar-refractivity contribution in [2.24, 2.45) is 0 Å². The van der Waals surface area contributed by atoms with E-state index in [2.05, 4.69) is 5.32 Å². The summed E-state index contributed by atoms with van der Waals surface area (Å²) in [6.07, 6.45) is 1.01. The fourth-order valence-corrected chi connectivity index (χ4v) is 5.09. The minimum Gasteiger partial charge on any atom is -0.379 e. The molecule has 3 rings (SSSR count). The maximum atomic E-state index is 13.1. The molecule has 11 nitrogen and oxygen atoms in total. The van der Waals surface area contributed by atoms with Crippen LogP contribution in [0.5, 0.6) is 0 Å². The largest absolute Gasteiger partial charge is 0.379 e. The van der Waals surface area contributed by atoms with E-state index < -0.39 is 26.0 Å². The molecule has 0 aromatic heterocycles. The second-order valence-electron chi connectivity index (χ2n) is 7.36. The molecule has 0 unspecified atom stereocenters. The van der Waals surface area contributed by atoms with Crippen LogP contribution in [0.4, 0.5) is 11.4 Å². The lowest BCUT2D eigenvalue weighted by molar-refractivity contribution is -0.116. The van der Waals surface area contributed by atoms with Crippen LogP contribution in [0.15, 0.2) is 23.1 Å². The molecule has 174 valence electrons. The summed E-state index contributed by atoms with van der Waals surface area (Å²) in [4.78, 5) is 14.6. The van der Waals surface area contributed by atoms with Gasteiger partial charge in [-0.3, -0.25) is 4.79 Å². The number of anilines is 2. The van der Waals surface area contributed by atoms with Gasteiger partial charge in [0.25, 0.3) is 0 Å². The molecular weight excluding hydrogens is 448 g/mol. The van der Waals surface area contributed by atoms with E-state index >= 15 is 0 Å². The molecule has 1 N–H and O–H groups in total. The van der Waals surface area contributed by atoms with Gasteiger partial charge in [-0.05, 0) is 18.2 Å². The van der Waals surface area contributed by atoms with Crippen LogP contribution < -0.4 is 10.2 Å². The summed E-state index contributed by atoms with van der Waals surface area (Å²) in [7, 11) is -5.99. The highest BCUT2D eigenvalue weighted by Crippen LogP contribution is 2.31. The van der Waals surface area contributed by atoms with Gasteiger partial charge in [-0.15, -0.1) is 0 Å². The maximum absolute atomic E-state index is 13.1. The SMILES string of the molecule is CN(CC(=O)Nc1cc(S(=O)(=O)N2CCOCC2)ccc1N1CCOCC1)S(C)(=O)=O. The number of amides is 1. The number of rotatable bonds is 7. The lowest BCUT2D eigenvalue weighted by Gasteiger charge is -2.31.